The molecule has 1 N–H and O–H groups in total. The van der Waals surface area contributed by atoms with Crippen LogP contribution in [0.2, 0.25) is 0 Å². The maximum atomic E-state index is 10.5. The molecule has 1 amide bonds. The SMILES string of the molecule is CN(CCNC=O)c1cccc(CN2CCN3c4cccc5scc(c45)CC3C2)c1. The fourth-order valence-electron chi connectivity index (χ4n) is 4.90. The molecule has 156 valence electrons. The zero-order valence-electron chi connectivity index (χ0n) is 17.4. The Morgan fingerprint density at radius 3 is 3.03 bits per heavy atom. The second-order valence-electron chi connectivity index (χ2n) is 8.36. The van der Waals surface area contributed by atoms with Crippen LogP contribution in [0.5, 0.6) is 0 Å². The van der Waals surface area contributed by atoms with Crippen molar-refractivity contribution in [3.05, 3.63) is 59.0 Å². The van der Waals surface area contributed by atoms with Crippen molar-refractivity contribution in [3.63, 3.8) is 0 Å². The quantitative estimate of drug-likeness (QED) is 0.470. The van der Waals surface area contributed by atoms with Crippen molar-refractivity contribution >= 4 is 39.2 Å². The van der Waals surface area contributed by atoms with Gasteiger partial charge >= 0.3 is 0 Å². The molecule has 6 heteroatoms. The van der Waals surface area contributed by atoms with E-state index in [-0.39, 0.29) is 0 Å². The topological polar surface area (TPSA) is 38.8 Å². The number of nitrogens with zero attached hydrogens (tertiary/aromatic N) is 3. The fourth-order valence-corrected chi connectivity index (χ4v) is 5.90. The van der Waals surface area contributed by atoms with Gasteiger partial charge in [-0.15, -0.1) is 11.3 Å². The Labute approximate surface area is 181 Å². The predicted octanol–water partition coefficient (Wildman–Crippen LogP) is 3.33. The van der Waals surface area contributed by atoms with E-state index in [1.807, 2.05) is 11.3 Å². The summed E-state index contributed by atoms with van der Waals surface area (Å²) in [5.41, 5.74) is 5.52. The van der Waals surface area contributed by atoms with E-state index in [1.54, 1.807) is 0 Å². The van der Waals surface area contributed by atoms with Crippen LogP contribution >= 0.6 is 11.3 Å². The van der Waals surface area contributed by atoms with Gasteiger partial charge in [-0.1, -0.05) is 18.2 Å². The minimum absolute atomic E-state index is 0.562. The first-order chi connectivity index (χ1) is 14.7. The van der Waals surface area contributed by atoms with Gasteiger partial charge in [0.2, 0.25) is 6.41 Å². The van der Waals surface area contributed by atoms with E-state index in [0.29, 0.717) is 12.6 Å². The van der Waals surface area contributed by atoms with Gasteiger partial charge in [0.05, 0.1) is 0 Å². The lowest BCUT2D eigenvalue weighted by molar-refractivity contribution is -0.109. The number of rotatable bonds is 7. The summed E-state index contributed by atoms with van der Waals surface area (Å²) in [7, 11) is 2.07. The van der Waals surface area contributed by atoms with Crippen molar-refractivity contribution < 1.29 is 4.79 Å². The van der Waals surface area contributed by atoms with E-state index < -0.39 is 0 Å². The van der Waals surface area contributed by atoms with Gasteiger partial charge in [-0.05, 0) is 47.2 Å². The molecular formula is C24H28N4OS. The molecule has 0 spiro atoms. The molecule has 0 saturated carbocycles. The van der Waals surface area contributed by atoms with Gasteiger partial charge in [0.15, 0.2) is 0 Å². The molecule has 0 aliphatic carbocycles. The lowest BCUT2D eigenvalue weighted by atomic mass is 9.94. The van der Waals surface area contributed by atoms with Crippen LogP contribution in [0.15, 0.2) is 47.8 Å². The lowest BCUT2D eigenvalue weighted by Gasteiger charge is -2.45. The molecule has 1 atom stereocenters. The number of likely N-dealkylation sites (N-methyl/N-ethyl adjacent to an activating group) is 1. The largest absolute Gasteiger partial charge is 0.373 e. The number of hydrogen-bond donors (Lipinski definition) is 1. The molecule has 1 saturated heterocycles. The average Bonchev–Trinajstić information content (AvgIpc) is 3.18. The smallest absolute Gasteiger partial charge is 0.207 e. The zero-order valence-corrected chi connectivity index (χ0v) is 18.2. The van der Waals surface area contributed by atoms with E-state index >= 15 is 0 Å². The third-order valence-corrected chi connectivity index (χ3v) is 7.41. The number of piperazine rings is 1. The molecular weight excluding hydrogens is 392 g/mol. The number of fused-ring (bicyclic) bond motifs is 2. The number of amides is 1. The van der Waals surface area contributed by atoms with Crippen LogP contribution in [0.4, 0.5) is 11.4 Å². The van der Waals surface area contributed by atoms with Gasteiger partial charge in [-0.2, -0.15) is 0 Å². The summed E-state index contributed by atoms with van der Waals surface area (Å²) in [6.07, 6.45) is 1.91. The van der Waals surface area contributed by atoms with Crippen molar-refractivity contribution in [2.24, 2.45) is 0 Å². The second kappa shape index (κ2) is 8.28. The van der Waals surface area contributed by atoms with Gasteiger partial charge in [0.1, 0.15) is 0 Å². The van der Waals surface area contributed by atoms with Crippen LogP contribution < -0.4 is 15.1 Å². The molecule has 1 aromatic heterocycles. The molecule has 1 unspecified atom stereocenters. The highest BCUT2D eigenvalue weighted by atomic mass is 32.1. The highest BCUT2D eigenvalue weighted by molar-refractivity contribution is 7.17. The number of anilines is 2. The number of thiophene rings is 1. The van der Waals surface area contributed by atoms with E-state index in [9.17, 15) is 4.79 Å². The first-order valence-electron chi connectivity index (χ1n) is 10.7. The minimum atomic E-state index is 0.562. The van der Waals surface area contributed by atoms with Crippen molar-refractivity contribution in [3.8, 4) is 0 Å². The van der Waals surface area contributed by atoms with E-state index in [1.165, 1.54) is 32.6 Å². The fraction of sp³-hybridized carbons (Fsp3) is 0.375. The minimum Gasteiger partial charge on any atom is -0.373 e. The van der Waals surface area contributed by atoms with Gasteiger partial charge in [0.25, 0.3) is 0 Å². The van der Waals surface area contributed by atoms with Crippen molar-refractivity contribution in [2.45, 2.75) is 19.0 Å². The van der Waals surface area contributed by atoms with Crippen LogP contribution in [0.25, 0.3) is 10.1 Å². The standard InChI is InChI=1S/C24H28N4OS/c1-26(9-8-25-17-29)20-5-2-4-18(12-20)14-27-10-11-28-21(15-27)13-19-16-30-23-7-3-6-22(28)24(19)23/h2-7,12,16-17,21H,8-11,13-15H2,1H3,(H,25,29). The van der Waals surface area contributed by atoms with E-state index in [2.05, 4.69) is 74.9 Å². The molecule has 3 heterocycles. The summed E-state index contributed by atoms with van der Waals surface area (Å²) >= 11 is 1.88. The Balaban J connectivity index is 1.26. The highest BCUT2D eigenvalue weighted by Crippen LogP contribution is 2.41. The number of carbonyl (C=O) groups is 1. The van der Waals surface area contributed by atoms with Crippen LogP contribution in [0, 0.1) is 0 Å². The van der Waals surface area contributed by atoms with E-state index in [0.717, 1.165) is 45.6 Å². The first-order valence-corrected chi connectivity index (χ1v) is 11.6. The van der Waals surface area contributed by atoms with Crippen molar-refractivity contribution in [1.29, 1.82) is 0 Å². The number of carbonyl (C=O) groups excluding carboxylic acids is 1. The maximum Gasteiger partial charge on any atom is 0.207 e. The molecule has 2 aromatic carbocycles. The van der Waals surface area contributed by atoms with Crippen LogP contribution in [-0.2, 0) is 17.8 Å². The van der Waals surface area contributed by atoms with Crippen molar-refractivity contribution in [2.75, 3.05) is 49.6 Å². The van der Waals surface area contributed by atoms with Gasteiger partial charge in [-0.25, -0.2) is 0 Å². The summed E-state index contributed by atoms with van der Waals surface area (Å²) in [6.45, 7) is 5.74. The summed E-state index contributed by atoms with van der Waals surface area (Å²) in [5.74, 6) is 0. The second-order valence-corrected chi connectivity index (χ2v) is 9.27. The maximum absolute atomic E-state index is 10.5. The Hall–Kier alpha value is -2.57. The molecule has 30 heavy (non-hydrogen) atoms. The molecule has 5 nitrogen and oxygen atoms in total. The van der Waals surface area contributed by atoms with Gasteiger partial charge in [-0.3, -0.25) is 9.69 Å². The molecule has 2 aliphatic rings. The van der Waals surface area contributed by atoms with E-state index in [4.69, 9.17) is 0 Å². The normalized spacial score (nSPS) is 18.3. The molecule has 2 aliphatic heterocycles. The monoisotopic (exact) mass is 420 g/mol. The number of nitrogens with one attached hydrogen (secondary N) is 1. The van der Waals surface area contributed by atoms with Crippen molar-refractivity contribution in [1.82, 2.24) is 10.2 Å². The molecule has 0 bridgehead atoms. The number of benzene rings is 2. The summed E-state index contributed by atoms with van der Waals surface area (Å²) in [5, 5.41) is 6.59. The predicted molar refractivity (Wildman–Crippen MR) is 126 cm³/mol. The molecule has 0 radical (unpaired) electrons. The Morgan fingerprint density at radius 2 is 2.13 bits per heavy atom. The van der Waals surface area contributed by atoms with Crippen LogP contribution in [-0.4, -0.2) is 57.1 Å². The van der Waals surface area contributed by atoms with Gasteiger partial charge < -0.3 is 15.1 Å². The summed E-state index contributed by atoms with van der Waals surface area (Å²) in [4.78, 5) is 17.9. The third kappa shape index (κ3) is 3.66. The number of hydrogen-bond acceptors (Lipinski definition) is 5. The van der Waals surface area contributed by atoms with Gasteiger partial charge in [0, 0.05) is 73.8 Å². The Morgan fingerprint density at radius 1 is 1.23 bits per heavy atom. The summed E-state index contributed by atoms with van der Waals surface area (Å²) in [6, 6.07) is 16.1. The zero-order chi connectivity index (χ0) is 20.5. The molecule has 1 fully saturated rings. The Kier molecular flexibility index (Phi) is 5.35. The molecule has 3 aromatic rings. The average molecular weight is 421 g/mol. The molecule has 5 rings (SSSR count). The van der Waals surface area contributed by atoms with Crippen LogP contribution in [0.1, 0.15) is 11.1 Å². The van der Waals surface area contributed by atoms with Crippen LogP contribution in [0.3, 0.4) is 0 Å². The lowest BCUT2D eigenvalue weighted by Crippen LogP contribution is -2.54. The summed E-state index contributed by atoms with van der Waals surface area (Å²) < 4.78 is 1.42. The third-order valence-electron chi connectivity index (χ3n) is 6.42. The highest BCUT2D eigenvalue weighted by Gasteiger charge is 2.32. The Bertz CT molecular complexity index is 1050. The first kappa shape index (κ1) is 19.4.